The van der Waals surface area contributed by atoms with Gasteiger partial charge in [-0.15, -0.1) is 0 Å². The molecule has 1 atom stereocenters. The first-order valence-corrected chi connectivity index (χ1v) is 51.4. The van der Waals surface area contributed by atoms with Gasteiger partial charge in [-0.3, -0.25) is 4.21 Å². The van der Waals surface area contributed by atoms with Gasteiger partial charge in [0.15, 0.2) is 67.3 Å². The maximum Gasteiger partial charge on any atom is 0.419 e. The highest BCUT2D eigenvalue weighted by molar-refractivity contribution is 7.99. The number of hydrogen-bond donors (Lipinski definition) is 2. The molecule has 0 amide bonds. The summed E-state index contributed by atoms with van der Waals surface area (Å²) in [6, 6.07) is 47.7. The molecule has 20 aromatic rings. The number of pyridine rings is 2. The van der Waals surface area contributed by atoms with E-state index in [1.807, 2.05) is 120 Å². The van der Waals surface area contributed by atoms with Crippen LogP contribution in [-0.2, 0) is 36.4 Å². The average Bonchev–Trinajstić information content (AvgIpc) is 1.62. The summed E-state index contributed by atoms with van der Waals surface area (Å²) in [4.78, 5) is 45.9. The molecule has 0 saturated carbocycles. The number of aryl methyl sites for hydroxylation is 3. The topological polar surface area (TPSA) is 408 Å². The molecule has 1 unspecified atom stereocenters. The summed E-state index contributed by atoms with van der Waals surface area (Å²) in [5.74, 6) is 8.86. The number of carbonyl (C=O) groups is 1. The maximum atomic E-state index is 13.2. The van der Waals surface area contributed by atoms with Crippen molar-refractivity contribution < 1.29 is 101 Å². The minimum atomic E-state index is -4.63. The maximum absolute atomic E-state index is 13.2. The van der Waals surface area contributed by atoms with Crippen molar-refractivity contribution in [3.8, 4) is 172 Å². The van der Waals surface area contributed by atoms with Crippen LogP contribution in [0.25, 0.3) is 134 Å². The van der Waals surface area contributed by atoms with E-state index in [1.165, 1.54) is 71.4 Å². The summed E-state index contributed by atoms with van der Waals surface area (Å²) in [6.07, 6.45) is 1.01. The van der Waals surface area contributed by atoms with Gasteiger partial charge in [-0.25, -0.2) is 70.7 Å². The number of carbonyl (C=O) groups excluding carboxylic acids is 1. The van der Waals surface area contributed by atoms with Gasteiger partial charge in [0.1, 0.15) is 48.0 Å². The van der Waals surface area contributed by atoms with E-state index < -0.39 is 60.4 Å². The zero-order valence-electron chi connectivity index (χ0n) is 81.1. The molecule has 48 heteroatoms. The number of ether oxygens (including phenoxy) is 12. The lowest BCUT2D eigenvalue weighted by Crippen LogP contribution is -2.10. The third-order valence-electron chi connectivity index (χ3n) is 22.6. The molecule has 0 saturated heterocycles. The SMILES string of the molecule is C=S(C)(=O)c1ccc(-c2cnc3sc(-c4cnc(N)c(C(F)(F)F)c4)nn23)cc1.COC(=O)c1ccc(-c2cnc3sc(-c4cnc(N)c(C(F)(F)F)c4)nn23)cc1OC.COc1ccc(-c2nn3c(-c4ccc(OC)c(OC)c4)c(C)nc3s2)cc1OC.COc1ccc(-c2nn3c(-c4ccc(OC)c(OC)c4)cnc3s2)cc1OC.COc1ccc(-c2nn3c(-c4ccc(S(C)(=O)=O)c(C)c4)c(C)nc3s2)cc1OC. The van der Waals surface area contributed by atoms with Crippen LogP contribution in [0, 0.1) is 20.8 Å². The van der Waals surface area contributed by atoms with E-state index in [2.05, 4.69) is 46.0 Å². The number of sulfone groups is 1. The molecular formula is C99H89F6N19O16S7. The van der Waals surface area contributed by atoms with E-state index in [0.29, 0.717) is 115 Å². The Morgan fingerprint density at radius 2 is 0.626 bits per heavy atom. The average molecular weight is 2140 g/mol. The highest BCUT2D eigenvalue weighted by Gasteiger charge is 2.37. The van der Waals surface area contributed by atoms with Crippen LogP contribution >= 0.6 is 56.7 Å². The zero-order valence-corrected chi connectivity index (χ0v) is 86.8. The number of fused-ring (bicyclic) bond motifs is 5. The smallest absolute Gasteiger partial charge is 0.419 e. The molecule has 760 valence electrons. The Hall–Kier alpha value is -16.0. The molecule has 0 fully saturated rings. The van der Waals surface area contributed by atoms with Crippen LogP contribution in [0.4, 0.5) is 38.0 Å². The van der Waals surface area contributed by atoms with E-state index in [4.69, 9.17) is 88.6 Å². The van der Waals surface area contributed by atoms with Gasteiger partial charge in [0.05, 0.1) is 160 Å². The highest BCUT2D eigenvalue weighted by atomic mass is 32.2. The Morgan fingerprint density at radius 3 is 0.966 bits per heavy atom. The molecule has 8 aromatic carbocycles. The van der Waals surface area contributed by atoms with Crippen LogP contribution in [-0.4, -0.2) is 205 Å². The molecule has 12 heterocycles. The summed E-state index contributed by atoms with van der Waals surface area (Å²) in [7, 11) is 13.2. The Labute approximate surface area is 855 Å². The van der Waals surface area contributed by atoms with Crippen LogP contribution in [0.2, 0.25) is 0 Å². The number of hydrogen-bond acceptors (Lipinski definition) is 35. The predicted molar refractivity (Wildman–Crippen MR) is 553 cm³/mol. The number of nitrogen functional groups attached to an aromatic ring is 2. The van der Waals surface area contributed by atoms with Gasteiger partial charge in [-0.2, -0.15) is 51.8 Å². The third-order valence-corrected chi connectivity index (χ3v) is 29.9. The first-order chi connectivity index (χ1) is 70.2. The van der Waals surface area contributed by atoms with Crippen molar-refractivity contribution in [1.82, 2.24) is 83.0 Å². The highest BCUT2D eigenvalue weighted by Crippen LogP contribution is 2.46. The van der Waals surface area contributed by atoms with E-state index in [9.17, 15) is 43.8 Å². The summed E-state index contributed by atoms with van der Waals surface area (Å²) in [6.45, 7) is 5.69. The summed E-state index contributed by atoms with van der Waals surface area (Å²) < 4.78 is 187. The molecule has 0 radical (unpaired) electrons. The molecule has 0 aliphatic carbocycles. The minimum absolute atomic E-state index is 0.168. The van der Waals surface area contributed by atoms with Gasteiger partial charge in [0, 0.05) is 85.4 Å². The number of halogens is 6. The molecule has 0 aliphatic heterocycles. The van der Waals surface area contributed by atoms with Crippen LogP contribution in [0.15, 0.2) is 205 Å². The first kappa shape index (κ1) is 104. The lowest BCUT2D eigenvalue weighted by Gasteiger charge is -2.09. The summed E-state index contributed by atoms with van der Waals surface area (Å²) >= 11 is 6.73. The van der Waals surface area contributed by atoms with Crippen molar-refractivity contribution in [1.29, 1.82) is 0 Å². The molecule has 20 rings (SSSR count). The van der Waals surface area contributed by atoms with Crippen molar-refractivity contribution in [3.63, 3.8) is 0 Å². The molecule has 12 aromatic heterocycles. The van der Waals surface area contributed by atoms with E-state index in [1.54, 1.807) is 166 Å². The molecule has 147 heavy (non-hydrogen) atoms. The molecule has 0 spiro atoms. The normalized spacial score (nSPS) is 11.9. The largest absolute Gasteiger partial charge is 0.496 e. The summed E-state index contributed by atoms with van der Waals surface area (Å²) in [5, 5.41) is 26.2. The van der Waals surface area contributed by atoms with Crippen LogP contribution in [0.3, 0.4) is 0 Å². The molecule has 35 nitrogen and oxygen atoms in total. The number of nitrogens with zero attached hydrogens (tertiary/aromatic N) is 17. The minimum Gasteiger partial charge on any atom is -0.496 e. The standard InChI is InChI=1S/C21H21N3O4S2.C21H21N3O4S.C20H19N3O4S.C19H14F3N5O3S.C18H14F3N5OS2/c1-12-10-14(7-9-18(12)30(5,25)26)19-13(2)22-21-24(19)23-20(29-21)15-6-8-16(27-3)17(11-15)28-4;1-12-19(13-6-8-15(25-2)17(10-13)27-4)24-21(22-12)29-20(23-24)14-7-9-16(26-3)18(11-14)28-5;1-24-15-7-5-12(9-17(15)26-3)14-11-21-20-23(14)22-19(28-20)13-6-8-16(25-2)18(10-13)27-4;1-29-14-6-9(3-4-11(14)17(28)30-2)13-8-25-18-27(13)26-16(31-18)10-5-12(19(20,21)22)15(23)24-7-10;1-29(2,27)12-5-3-10(4-6-12)14-9-24-17-26(14)25-16(28-17)11-7-13(18(19,20)21)15(22)23-8-11/h6-11H,1-5H3;6-11H,1-5H3;5-11H,1-4H3;3-8H,1-2H3,(H2,23,24);3-9H,1H2,2H3,(H2,22,23). The van der Waals surface area contributed by atoms with Crippen LogP contribution in [0.5, 0.6) is 63.2 Å². The van der Waals surface area contributed by atoms with Crippen molar-refractivity contribution in [2.45, 2.75) is 42.9 Å². The number of imidazole rings is 5. The second-order valence-corrected chi connectivity index (χ2v) is 41.1. The number of aromatic nitrogens is 17. The van der Waals surface area contributed by atoms with E-state index in [0.717, 1.165) is 132 Å². The molecule has 4 N–H and O–H groups in total. The predicted octanol–water partition coefficient (Wildman–Crippen LogP) is 20.5. The number of alkyl halides is 6. The van der Waals surface area contributed by atoms with Gasteiger partial charge in [-0.1, -0.05) is 80.9 Å². The third kappa shape index (κ3) is 21.6. The van der Waals surface area contributed by atoms with E-state index in [-0.39, 0.29) is 16.7 Å². The van der Waals surface area contributed by atoms with Crippen molar-refractivity contribution in [2.24, 2.45) is 0 Å². The number of esters is 1. The molecule has 0 aliphatic rings. The van der Waals surface area contributed by atoms with Crippen molar-refractivity contribution >= 4 is 124 Å². The number of anilines is 2. The van der Waals surface area contributed by atoms with E-state index >= 15 is 0 Å². The van der Waals surface area contributed by atoms with Gasteiger partial charge >= 0.3 is 18.3 Å². The van der Waals surface area contributed by atoms with Gasteiger partial charge in [-0.05, 0) is 181 Å². The number of methoxy groups -OCH3 is 12. The Bertz CT molecular complexity index is 8610. The van der Waals surface area contributed by atoms with Crippen LogP contribution < -0.4 is 63.6 Å². The Balaban J connectivity index is 0.000000131. The van der Waals surface area contributed by atoms with Gasteiger partial charge < -0.3 is 68.3 Å². The molecule has 0 bridgehead atoms. The quantitative estimate of drug-likeness (QED) is 0.0322. The zero-order chi connectivity index (χ0) is 105. The van der Waals surface area contributed by atoms with Gasteiger partial charge in [0.2, 0.25) is 24.8 Å². The Morgan fingerprint density at radius 1 is 0.333 bits per heavy atom. The monoisotopic (exact) mass is 2140 g/mol. The fourth-order valence-corrected chi connectivity index (χ4v) is 21.5. The van der Waals surface area contributed by atoms with Crippen molar-refractivity contribution in [2.75, 3.05) is 109 Å². The number of nitrogens with two attached hydrogens (primary N) is 2. The second kappa shape index (κ2) is 42.7. The number of rotatable bonds is 24. The lowest BCUT2D eigenvalue weighted by molar-refractivity contribution is -0.137. The summed E-state index contributed by atoms with van der Waals surface area (Å²) in [5.41, 5.74) is 22.5. The first-order valence-electron chi connectivity index (χ1n) is 43.3. The second-order valence-electron chi connectivity index (χ2n) is 31.9. The molecular weight excluding hydrogens is 2050 g/mol. The van der Waals surface area contributed by atoms with Crippen LogP contribution in [0.1, 0.15) is 38.4 Å². The fraction of sp³-hybridized carbons (Fsp3) is 0.192. The lowest BCUT2D eigenvalue weighted by atomic mass is 10.1. The Kier molecular flexibility index (Phi) is 30.2. The number of benzene rings is 8. The fourth-order valence-electron chi connectivity index (χ4n) is 15.4. The van der Waals surface area contributed by atoms with Crippen molar-refractivity contribution in [3.05, 3.63) is 228 Å². The van der Waals surface area contributed by atoms with Gasteiger partial charge in [0.25, 0.3) is 0 Å².